The SMILES string of the molecule is CCNc1nc(NCC)nc(N(C)c2ccccc2)n1. The third kappa shape index (κ3) is 3.34. The molecule has 1 heterocycles. The number of benzene rings is 1. The van der Waals surface area contributed by atoms with E-state index in [1.165, 1.54) is 0 Å². The largest absolute Gasteiger partial charge is 0.354 e. The van der Waals surface area contributed by atoms with Gasteiger partial charge in [0.25, 0.3) is 0 Å². The molecule has 6 heteroatoms. The molecule has 106 valence electrons. The van der Waals surface area contributed by atoms with Crippen LogP contribution in [0.25, 0.3) is 0 Å². The standard InChI is InChI=1S/C14H20N6/c1-4-15-12-17-13(16-5-2)19-14(18-12)20(3)11-9-7-6-8-10-11/h6-10H,4-5H2,1-3H3,(H2,15,16,17,18,19). The van der Waals surface area contributed by atoms with E-state index in [2.05, 4.69) is 25.6 Å². The van der Waals surface area contributed by atoms with Gasteiger partial charge in [0.15, 0.2) is 0 Å². The second-order valence-electron chi connectivity index (χ2n) is 4.24. The number of para-hydroxylation sites is 1. The Bertz CT molecular complexity index is 518. The van der Waals surface area contributed by atoms with Crippen LogP contribution in [0.3, 0.4) is 0 Å². The van der Waals surface area contributed by atoms with Gasteiger partial charge < -0.3 is 15.5 Å². The molecule has 0 saturated carbocycles. The Morgan fingerprint density at radius 2 is 1.45 bits per heavy atom. The molecule has 0 bridgehead atoms. The van der Waals surface area contributed by atoms with Crippen LogP contribution in [0.15, 0.2) is 30.3 Å². The summed E-state index contributed by atoms with van der Waals surface area (Å²) in [6.45, 7) is 5.56. The minimum absolute atomic E-state index is 0.580. The van der Waals surface area contributed by atoms with Crippen LogP contribution < -0.4 is 15.5 Å². The highest BCUT2D eigenvalue weighted by atomic mass is 15.3. The topological polar surface area (TPSA) is 66.0 Å². The van der Waals surface area contributed by atoms with Crippen LogP contribution in [-0.4, -0.2) is 35.1 Å². The summed E-state index contributed by atoms with van der Waals surface area (Å²) in [5.74, 6) is 1.77. The minimum Gasteiger partial charge on any atom is -0.354 e. The molecule has 0 amide bonds. The van der Waals surface area contributed by atoms with Gasteiger partial charge in [-0.15, -0.1) is 0 Å². The Kier molecular flexibility index (Phi) is 4.70. The second kappa shape index (κ2) is 6.70. The Hall–Kier alpha value is -2.37. The summed E-state index contributed by atoms with van der Waals surface area (Å²) in [4.78, 5) is 15.1. The molecule has 0 aliphatic heterocycles. The maximum absolute atomic E-state index is 4.43. The lowest BCUT2D eigenvalue weighted by Crippen LogP contribution is -2.17. The molecule has 2 aromatic rings. The zero-order valence-corrected chi connectivity index (χ0v) is 12.1. The average Bonchev–Trinajstić information content (AvgIpc) is 2.48. The van der Waals surface area contributed by atoms with Crippen LogP contribution in [0.1, 0.15) is 13.8 Å². The van der Waals surface area contributed by atoms with E-state index in [9.17, 15) is 0 Å². The minimum atomic E-state index is 0.580. The van der Waals surface area contributed by atoms with Gasteiger partial charge in [-0.1, -0.05) is 18.2 Å². The first-order chi connectivity index (χ1) is 9.74. The van der Waals surface area contributed by atoms with Crippen molar-refractivity contribution >= 4 is 23.5 Å². The number of nitrogens with one attached hydrogen (secondary N) is 2. The van der Waals surface area contributed by atoms with E-state index in [-0.39, 0.29) is 0 Å². The maximum Gasteiger partial charge on any atom is 0.236 e. The summed E-state index contributed by atoms with van der Waals surface area (Å²) in [6.07, 6.45) is 0. The van der Waals surface area contributed by atoms with E-state index in [1.54, 1.807) is 0 Å². The molecule has 20 heavy (non-hydrogen) atoms. The molecule has 6 nitrogen and oxygen atoms in total. The molecule has 0 aliphatic carbocycles. The number of nitrogens with zero attached hydrogens (tertiary/aromatic N) is 4. The summed E-state index contributed by atoms with van der Waals surface area (Å²) in [7, 11) is 1.94. The Morgan fingerprint density at radius 1 is 0.900 bits per heavy atom. The van der Waals surface area contributed by atoms with Crippen molar-refractivity contribution in [2.24, 2.45) is 0 Å². The molecule has 2 N–H and O–H groups in total. The summed E-state index contributed by atoms with van der Waals surface area (Å²) in [5.41, 5.74) is 1.03. The van der Waals surface area contributed by atoms with E-state index < -0.39 is 0 Å². The molecule has 0 spiro atoms. The van der Waals surface area contributed by atoms with E-state index >= 15 is 0 Å². The predicted octanol–water partition coefficient (Wildman–Crippen LogP) is 2.50. The quantitative estimate of drug-likeness (QED) is 0.842. The van der Waals surface area contributed by atoms with Gasteiger partial charge in [0.05, 0.1) is 0 Å². The molecule has 0 fully saturated rings. The fourth-order valence-corrected chi connectivity index (χ4v) is 1.76. The predicted molar refractivity (Wildman–Crippen MR) is 82.7 cm³/mol. The number of hydrogen-bond donors (Lipinski definition) is 2. The van der Waals surface area contributed by atoms with Crippen molar-refractivity contribution in [3.8, 4) is 0 Å². The highest BCUT2D eigenvalue weighted by Gasteiger charge is 2.11. The number of rotatable bonds is 6. The van der Waals surface area contributed by atoms with Crippen molar-refractivity contribution < 1.29 is 0 Å². The van der Waals surface area contributed by atoms with Crippen molar-refractivity contribution in [1.82, 2.24) is 15.0 Å². The molecule has 1 aromatic heterocycles. The first kappa shape index (κ1) is 14.0. The summed E-state index contributed by atoms with van der Waals surface area (Å²) in [5, 5.41) is 6.25. The van der Waals surface area contributed by atoms with Gasteiger partial charge in [0.2, 0.25) is 17.8 Å². The van der Waals surface area contributed by atoms with Crippen molar-refractivity contribution in [2.45, 2.75) is 13.8 Å². The summed E-state index contributed by atoms with van der Waals surface area (Å²) in [6, 6.07) is 10.00. The molecule has 2 rings (SSSR count). The lowest BCUT2D eigenvalue weighted by atomic mass is 10.3. The third-order valence-corrected chi connectivity index (χ3v) is 2.74. The van der Waals surface area contributed by atoms with Crippen LogP contribution in [0.2, 0.25) is 0 Å². The normalized spacial score (nSPS) is 10.2. The average molecular weight is 272 g/mol. The zero-order valence-electron chi connectivity index (χ0n) is 12.1. The molecule has 1 aromatic carbocycles. The van der Waals surface area contributed by atoms with Crippen LogP contribution in [0.5, 0.6) is 0 Å². The van der Waals surface area contributed by atoms with Gasteiger partial charge in [-0.25, -0.2) is 0 Å². The van der Waals surface area contributed by atoms with Gasteiger partial charge in [-0.3, -0.25) is 0 Å². The molecule has 0 unspecified atom stereocenters. The molecule has 0 radical (unpaired) electrons. The number of aromatic nitrogens is 3. The second-order valence-corrected chi connectivity index (χ2v) is 4.24. The van der Waals surface area contributed by atoms with Gasteiger partial charge in [-0.2, -0.15) is 15.0 Å². The first-order valence-electron chi connectivity index (χ1n) is 6.77. The first-order valence-corrected chi connectivity index (χ1v) is 6.77. The third-order valence-electron chi connectivity index (χ3n) is 2.74. The molecular weight excluding hydrogens is 252 g/mol. The van der Waals surface area contributed by atoms with Crippen molar-refractivity contribution in [1.29, 1.82) is 0 Å². The molecular formula is C14H20N6. The Morgan fingerprint density at radius 3 is 1.95 bits per heavy atom. The van der Waals surface area contributed by atoms with E-state index in [4.69, 9.17) is 0 Å². The monoisotopic (exact) mass is 272 g/mol. The molecule has 0 atom stereocenters. The highest BCUT2D eigenvalue weighted by molar-refractivity contribution is 5.58. The van der Waals surface area contributed by atoms with Crippen molar-refractivity contribution in [3.05, 3.63) is 30.3 Å². The van der Waals surface area contributed by atoms with Crippen molar-refractivity contribution in [2.75, 3.05) is 35.7 Å². The van der Waals surface area contributed by atoms with Crippen molar-refractivity contribution in [3.63, 3.8) is 0 Å². The molecule has 0 saturated heterocycles. The lowest BCUT2D eigenvalue weighted by molar-refractivity contribution is 0.963. The highest BCUT2D eigenvalue weighted by Crippen LogP contribution is 2.21. The van der Waals surface area contributed by atoms with Gasteiger partial charge in [-0.05, 0) is 26.0 Å². The van der Waals surface area contributed by atoms with E-state index in [1.807, 2.05) is 56.1 Å². The lowest BCUT2D eigenvalue weighted by Gasteiger charge is -2.18. The zero-order chi connectivity index (χ0) is 14.4. The fraction of sp³-hybridized carbons (Fsp3) is 0.357. The number of hydrogen-bond acceptors (Lipinski definition) is 6. The maximum atomic E-state index is 4.43. The van der Waals surface area contributed by atoms with Gasteiger partial charge >= 0.3 is 0 Å². The summed E-state index contributed by atoms with van der Waals surface area (Å²) < 4.78 is 0. The number of anilines is 4. The summed E-state index contributed by atoms with van der Waals surface area (Å²) >= 11 is 0. The van der Waals surface area contributed by atoms with E-state index in [0.29, 0.717) is 17.8 Å². The van der Waals surface area contributed by atoms with Crippen LogP contribution in [-0.2, 0) is 0 Å². The van der Waals surface area contributed by atoms with Gasteiger partial charge in [0.1, 0.15) is 0 Å². The molecule has 0 aliphatic rings. The van der Waals surface area contributed by atoms with E-state index in [0.717, 1.165) is 18.8 Å². The van der Waals surface area contributed by atoms with Crippen LogP contribution in [0, 0.1) is 0 Å². The van der Waals surface area contributed by atoms with Gasteiger partial charge in [0, 0.05) is 25.8 Å². The van der Waals surface area contributed by atoms with Crippen LogP contribution in [0.4, 0.5) is 23.5 Å². The Labute approximate surface area is 119 Å². The Balaban J connectivity index is 2.34. The smallest absolute Gasteiger partial charge is 0.236 e. The van der Waals surface area contributed by atoms with Crippen LogP contribution >= 0.6 is 0 Å². The fourth-order valence-electron chi connectivity index (χ4n) is 1.76.